The van der Waals surface area contributed by atoms with Crippen molar-refractivity contribution < 1.29 is 0 Å². The third-order valence-electron chi connectivity index (χ3n) is 2.25. The Morgan fingerprint density at radius 1 is 1.23 bits per heavy atom. The molecule has 0 spiro atoms. The zero-order chi connectivity index (χ0) is 9.90. The average Bonchev–Trinajstić information content (AvgIpc) is 2.04. The van der Waals surface area contributed by atoms with E-state index in [1.165, 1.54) is 5.56 Å². The number of benzene rings is 1. The molecule has 2 heteroatoms. The summed E-state index contributed by atoms with van der Waals surface area (Å²) in [6, 6.07) is 10.2. The van der Waals surface area contributed by atoms with Gasteiger partial charge in [-0.3, -0.25) is 0 Å². The zero-order valence-electron chi connectivity index (χ0n) is 8.33. The summed E-state index contributed by atoms with van der Waals surface area (Å²) in [5, 5.41) is 0. The molecule has 0 aromatic heterocycles. The van der Waals surface area contributed by atoms with Gasteiger partial charge in [-0.25, -0.2) is 0 Å². The molecule has 0 aliphatic rings. The molecule has 0 saturated heterocycles. The number of nitrogens with two attached hydrogens (primary N) is 2. The van der Waals surface area contributed by atoms with E-state index in [1.807, 2.05) is 32.0 Å². The van der Waals surface area contributed by atoms with Gasteiger partial charge in [0.1, 0.15) is 0 Å². The lowest BCUT2D eigenvalue weighted by atomic mass is 9.91. The molecule has 72 valence electrons. The molecule has 0 aliphatic heterocycles. The van der Waals surface area contributed by atoms with Gasteiger partial charge in [-0.2, -0.15) is 0 Å². The van der Waals surface area contributed by atoms with Gasteiger partial charge in [0.25, 0.3) is 0 Å². The van der Waals surface area contributed by atoms with Gasteiger partial charge < -0.3 is 11.5 Å². The maximum absolute atomic E-state index is 5.96. The van der Waals surface area contributed by atoms with Crippen LogP contribution >= 0.6 is 0 Å². The number of hydrogen-bond acceptors (Lipinski definition) is 2. The summed E-state index contributed by atoms with van der Waals surface area (Å²) in [5.74, 6) is 0. The van der Waals surface area contributed by atoms with Gasteiger partial charge in [0.15, 0.2) is 0 Å². The van der Waals surface area contributed by atoms with Gasteiger partial charge in [-0.1, -0.05) is 30.3 Å². The maximum atomic E-state index is 5.96. The fraction of sp³-hybridized carbons (Fsp3) is 0.455. The van der Waals surface area contributed by atoms with Crippen LogP contribution in [0.3, 0.4) is 0 Å². The van der Waals surface area contributed by atoms with Crippen LogP contribution in [0.25, 0.3) is 0 Å². The van der Waals surface area contributed by atoms with Crippen LogP contribution < -0.4 is 11.5 Å². The van der Waals surface area contributed by atoms with Gasteiger partial charge in [-0.05, 0) is 25.8 Å². The fourth-order valence-electron chi connectivity index (χ4n) is 1.13. The van der Waals surface area contributed by atoms with E-state index < -0.39 is 0 Å². The summed E-state index contributed by atoms with van der Waals surface area (Å²) in [7, 11) is 0. The van der Waals surface area contributed by atoms with Crippen molar-refractivity contribution in [3.63, 3.8) is 0 Å². The molecular weight excluding hydrogens is 160 g/mol. The molecule has 1 unspecified atom stereocenters. The Morgan fingerprint density at radius 2 is 1.77 bits per heavy atom. The third-order valence-corrected chi connectivity index (χ3v) is 2.25. The first kappa shape index (κ1) is 10.2. The molecule has 1 atom stereocenters. The van der Waals surface area contributed by atoms with Crippen molar-refractivity contribution in [3.05, 3.63) is 35.9 Å². The second kappa shape index (κ2) is 3.90. The Kier molecular flexibility index (Phi) is 3.07. The molecule has 0 fully saturated rings. The number of hydrogen-bond donors (Lipinski definition) is 2. The third kappa shape index (κ3) is 3.17. The molecule has 2 nitrogen and oxygen atoms in total. The highest BCUT2D eigenvalue weighted by molar-refractivity contribution is 5.16. The molecule has 13 heavy (non-hydrogen) atoms. The lowest BCUT2D eigenvalue weighted by Gasteiger charge is -2.26. The summed E-state index contributed by atoms with van der Waals surface area (Å²) in [6.45, 7) is 3.92. The Morgan fingerprint density at radius 3 is 2.23 bits per heavy atom. The largest absolute Gasteiger partial charge is 0.326 e. The summed E-state index contributed by atoms with van der Waals surface area (Å²) in [6.07, 6.45) is 0.838. The van der Waals surface area contributed by atoms with Crippen molar-refractivity contribution in [3.8, 4) is 0 Å². The molecule has 1 aromatic rings. The normalized spacial score (nSPS) is 14.2. The topological polar surface area (TPSA) is 52.0 Å². The Bertz CT molecular complexity index is 249. The second-order valence-corrected chi connectivity index (χ2v) is 4.12. The van der Waals surface area contributed by atoms with Crippen LogP contribution in [0.15, 0.2) is 30.3 Å². The van der Waals surface area contributed by atoms with E-state index in [2.05, 4.69) is 12.1 Å². The van der Waals surface area contributed by atoms with Crippen LogP contribution in [0, 0.1) is 0 Å². The maximum Gasteiger partial charge on any atom is 0.0256 e. The fourth-order valence-corrected chi connectivity index (χ4v) is 1.13. The van der Waals surface area contributed by atoms with E-state index in [-0.39, 0.29) is 11.6 Å². The van der Waals surface area contributed by atoms with E-state index >= 15 is 0 Å². The van der Waals surface area contributed by atoms with Crippen molar-refractivity contribution in [2.24, 2.45) is 11.5 Å². The highest BCUT2D eigenvalue weighted by Gasteiger charge is 2.20. The summed E-state index contributed by atoms with van der Waals surface area (Å²) in [4.78, 5) is 0. The summed E-state index contributed by atoms with van der Waals surface area (Å²) >= 11 is 0. The molecule has 4 N–H and O–H groups in total. The van der Waals surface area contributed by atoms with Crippen molar-refractivity contribution in [1.29, 1.82) is 0 Å². The minimum Gasteiger partial charge on any atom is -0.326 e. The van der Waals surface area contributed by atoms with Crippen LogP contribution in [0.4, 0.5) is 0 Å². The predicted octanol–water partition coefficient (Wildman–Crippen LogP) is 1.29. The summed E-state index contributed by atoms with van der Waals surface area (Å²) in [5.41, 5.74) is 12.8. The molecule has 1 aromatic carbocycles. The molecular formula is C11H18N2. The Balaban J connectivity index is 2.61. The van der Waals surface area contributed by atoms with E-state index in [9.17, 15) is 0 Å². The van der Waals surface area contributed by atoms with Crippen LogP contribution in [0.1, 0.15) is 19.4 Å². The van der Waals surface area contributed by atoms with Crippen LogP contribution in [-0.4, -0.2) is 11.6 Å². The number of rotatable bonds is 3. The quantitative estimate of drug-likeness (QED) is 0.733. The van der Waals surface area contributed by atoms with E-state index in [4.69, 9.17) is 11.5 Å². The minimum atomic E-state index is -0.310. The standard InChI is InChI=1S/C11H18N2/c1-11(2,13)10(12)8-9-6-4-3-5-7-9/h3-7,10H,8,12-13H2,1-2H3. The predicted molar refractivity (Wildman–Crippen MR) is 56.4 cm³/mol. The molecule has 0 heterocycles. The monoisotopic (exact) mass is 178 g/mol. The SMILES string of the molecule is CC(C)(N)C(N)Cc1ccccc1. The van der Waals surface area contributed by atoms with Gasteiger partial charge in [0, 0.05) is 11.6 Å². The lowest BCUT2D eigenvalue weighted by Crippen LogP contribution is -2.51. The molecule has 0 saturated carbocycles. The molecule has 0 amide bonds. The van der Waals surface area contributed by atoms with E-state index in [0.29, 0.717) is 0 Å². The van der Waals surface area contributed by atoms with Crippen LogP contribution in [-0.2, 0) is 6.42 Å². The zero-order valence-corrected chi connectivity index (χ0v) is 8.33. The first-order chi connectivity index (χ1) is 6.00. The van der Waals surface area contributed by atoms with E-state index in [0.717, 1.165) is 6.42 Å². The van der Waals surface area contributed by atoms with Crippen molar-refractivity contribution >= 4 is 0 Å². The minimum absolute atomic E-state index is 0.00917. The summed E-state index contributed by atoms with van der Waals surface area (Å²) < 4.78 is 0. The van der Waals surface area contributed by atoms with Gasteiger partial charge >= 0.3 is 0 Å². The molecule has 1 rings (SSSR count). The first-order valence-electron chi connectivity index (χ1n) is 4.58. The van der Waals surface area contributed by atoms with Crippen molar-refractivity contribution in [2.45, 2.75) is 31.8 Å². The lowest BCUT2D eigenvalue weighted by molar-refractivity contribution is 0.406. The van der Waals surface area contributed by atoms with Crippen LogP contribution in [0.5, 0.6) is 0 Å². The van der Waals surface area contributed by atoms with E-state index in [1.54, 1.807) is 0 Å². The highest BCUT2D eigenvalue weighted by Crippen LogP contribution is 2.09. The first-order valence-corrected chi connectivity index (χ1v) is 4.58. The Hall–Kier alpha value is -0.860. The molecule has 0 bridgehead atoms. The van der Waals surface area contributed by atoms with Gasteiger partial charge in [0.05, 0.1) is 0 Å². The smallest absolute Gasteiger partial charge is 0.0256 e. The average molecular weight is 178 g/mol. The molecule has 0 radical (unpaired) electrons. The van der Waals surface area contributed by atoms with Crippen LogP contribution in [0.2, 0.25) is 0 Å². The highest BCUT2D eigenvalue weighted by atomic mass is 14.8. The van der Waals surface area contributed by atoms with Crippen molar-refractivity contribution in [2.75, 3.05) is 0 Å². The second-order valence-electron chi connectivity index (χ2n) is 4.12. The van der Waals surface area contributed by atoms with Gasteiger partial charge in [-0.15, -0.1) is 0 Å². The Labute approximate surface area is 79.9 Å². The van der Waals surface area contributed by atoms with Gasteiger partial charge in [0.2, 0.25) is 0 Å². The molecule has 0 aliphatic carbocycles. The van der Waals surface area contributed by atoms with Crippen molar-refractivity contribution in [1.82, 2.24) is 0 Å².